The van der Waals surface area contributed by atoms with Crippen LogP contribution in [0, 0.1) is 18.3 Å². The first-order valence-corrected chi connectivity index (χ1v) is 6.46. The molecule has 4 N–H and O–H groups in total. The second kappa shape index (κ2) is 11.3. The Balaban J connectivity index is 0. The van der Waals surface area contributed by atoms with Crippen molar-refractivity contribution in [3.63, 3.8) is 0 Å². The molecule has 0 radical (unpaired) electrons. The summed E-state index contributed by atoms with van der Waals surface area (Å²) in [6, 6.07) is 0.0509. The number of hydrogen-bond donors (Lipinski definition) is 4. The summed E-state index contributed by atoms with van der Waals surface area (Å²) in [6.45, 7) is 11.9. The van der Waals surface area contributed by atoms with Crippen LogP contribution in [0.1, 0.15) is 34.6 Å². The molecular formula is C14H28N4O2. The Morgan fingerprint density at radius 1 is 1.15 bits per heavy atom. The lowest BCUT2D eigenvalue weighted by Gasteiger charge is -2.27. The van der Waals surface area contributed by atoms with E-state index in [1.165, 1.54) is 0 Å². The van der Waals surface area contributed by atoms with Crippen LogP contribution in [0.4, 0.5) is 0 Å². The zero-order valence-electron chi connectivity index (χ0n) is 13.1. The Kier molecular flexibility index (Phi) is 11.7. The molecule has 0 aliphatic heterocycles. The van der Waals surface area contributed by atoms with Gasteiger partial charge in [-0.1, -0.05) is 24.2 Å². The van der Waals surface area contributed by atoms with E-state index < -0.39 is 0 Å². The van der Waals surface area contributed by atoms with Crippen molar-refractivity contribution in [3.05, 3.63) is 0 Å². The standard InChI is InChI=1S/C12H26N4O2.C2H2/c1-9(15-17)6-13-7-12(4,5)8-14-10(2)11(3)16-18;1-2/h10,13-14,17-18H,6-8H2,1-5H3;1-2H/b15-9+,16-11+;/t10-;/m1./s1. The molecule has 1 atom stereocenters. The van der Waals surface area contributed by atoms with Gasteiger partial charge >= 0.3 is 0 Å². The number of nitrogens with zero attached hydrogens (tertiary/aromatic N) is 2. The molecule has 6 nitrogen and oxygen atoms in total. The minimum atomic E-state index is 0.0509. The van der Waals surface area contributed by atoms with Crippen molar-refractivity contribution < 1.29 is 10.4 Å². The van der Waals surface area contributed by atoms with Gasteiger partial charge in [-0.2, -0.15) is 0 Å². The molecule has 0 aromatic rings. The summed E-state index contributed by atoms with van der Waals surface area (Å²) < 4.78 is 0. The van der Waals surface area contributed by atoms with Gasteiger partial charge in [0.15, 0.2) is 0 Å². The third-order valence-corrected chi connectivity index (χ3v) is 2.83. The summed E-state index contributed by atoms with van der Waals surface area (Å²) in [6.07, 6.45) is 8.00. The zero-order valence-corrected chi connectivity index (χ0v) is 13.1. The molecule has 0 saturated heterocycles. The number of terminal acetylenes is 1. The Hall–Kier alpha value is -1.58. The summed E-state index contributed by atoms with van der Waals surface area (Å²) in [5.74, 6) is 0. The van der Waals surface area contributed by atoms with E-state index in [1.807, 2.05) is 6.92 Å². The molecule has 20 heavy (non-hydrogen) atoms. The molecule has 0 rings (SSSR count). The van der Waals surface area contributed by atoms with Gasteiger partial charge in [0.25, 0.3) is 0 Å². The van der Waals surface area contributed by atoms with Crippen molar-refractivity contribution in [3.8, 4) is 12.8 Å². The van der Waals surface area contributed by atoms with Gasteiger partial charge in [0, 0.05) is 25.7 Å². The predicted octanol–water partition coefficient (Wildman–Crippen LogP) is 1.53. The highest BCUT2D eigenvalue weighted by Gasteiger charge is 2.19. The van der Waals surface area contributed by atoms with Gasteiger partial charge in [0.1, 0.15) is 0 Å². The fraction of sp³-hybridized carbons (Fsp3) is 0.714. The molecule has 0 aliphatic rings. The normalized spacial score (nSPS) is 14.3. The van der Waals surface area contributed by atoms with Gasteiger partial charge < -0.3 is 21.0 Å². The minimum absolute atomic E-state index is 0.0509. The Labute approximate surface area is 122 Å². The second-order valence-electron chi connectivity index (χ2n) is 5.45. The average molecular weight is 284 g/mol. The third-order valence-electron chi connectivity index (χ3n) is 2.83. The van der Waals surface area contributed by atoms with E-state index in [-0.39, 0.29) is 11.5 Å². The smallest absolute Gasteiger partial charge is 0.0706 e. The Morgan fingerprint density at radius 3 is 2.15 bits per heavy atom. The molecule has 116 valence electrons. The van der Waals surface area contributed by atoms with Crippen molar-refractivity contribution in [2.75, 3.05) is 19.6 Å². The lowest BCUT2D eigenvalue weighted by atomic mass is 9.93. The Bertz CT molecular complexity index is 335. The first kappa shape index (κ1) is 20.7. The van der Waals surface area contributed by atoms with E-state index >= 15 is 0 Å². The SMILES string of the molecule is C#C.C/C(CNCC(C)(C)CN[C@H](C)/C(C)=N/O)=N\O. The maximum Gasteiger partial charge on any atom is 0.0706 e. The molecule has 0 saturated carbocycles. The summed E-state index contributed by atoms with van der Waals surface area (Å²) in [7, 11) is 0. The van der Waals surface area contributed by atoms with Gasteiger partial charge in [-0.25, -0.2) is 0 Å². The summed E-state index contributed by atoms with van der Waals surface area (Å²) in [5.41, 5.74) is 1.39. The number of hydrogen-bond acceptors (Lipinski definition) is 6. The largest absolute Gasteiger partial charge is 0.411 e. The summed E-state index contributed by atoms with van der Waals surface area (Å²) in [5, 5.41) is 30.0. The van der Waals surface area contributed by atoms with Gasteiger partial charge in [-0.15, -0.1) is 12.8 Å². The van der Waals surface area contributed by atoms with Crippen LogP contribution >= 0.6 is 0 Å². The first-order chi connectivity index (χ1) is 9.32. The zero-order chi connectivity index (χ0) is 16.2. The van der Waals surface area contributed by atoms with Crippen LogP contribution in [0.3, 0.4) is 0 Å². The van der Waals surface area contributed by atoms with Crippen molar-refractivity contribution in [2.45, 2.75) is 40.7 Å². The first-order valence-electron chi connectivity index (χ1n) is 6.46. The van der Waals surface area contributed by atoms with Crippen molar-refractivity contribution in [1.29, 1.82) is 0 Å². The molecule has 0 amide bonds. The van der Waals surface area contributed by atoms with Crippen molar-refractivity contribution >= 4 is 11.4 Å². The van der Waals surface area contributed by atoms with E-state index in [2.05, 4.69) is 47.6 Å². The van der Waals surface area contributed by atoms with E-state index in [9.17, 15) is 0 Å². The Morgan fingerprint density at radius 2 is 1.70 bits per heavy atom. The van der Waals surface area contributed by atoms with Gasteiger partial charge in [0.05, 0.1) is 11.4 Å². The van der Waals surface area contributed by atoms with E-state index in [0.717, 1.165) is 13.1 Å². The van der Waals surface area contributed by atoms with Crippen LogP contribution in [0.25, 0.3) is 0 Å². The highest BCUT2D eigenvalue weighted by molar-refractivity contribution is 5.86. The van der Waals surface area contributed by atoms with Crippen LogP contribution < -0.4 is 10.6 Å². The molecule has 0 fully saturated rings. The number of rotatable bonds is 8. The quantitative estimate of drug-likeness (QED) is 0.235. The molecule has 0 aromatic carbocycles. The second-order valence-corrected chi connectivity index (χ2v) is 5.45. The van der Waals surface area contributed by atoms with E-state index in [0.29, 0.717) is 18.0 Å². The van der Waals surface area contributed by atoms with Gasteiger partial charge in [-0.05, 0) is 26.2 Å². The van der Waals surface area contributed by atoms with Crippen molar-refractivity contribution in [1.82, 2.24) is 10.6 Å². The third kappa shape index (κ3) is 10.4. The van der Waals surface area contributed by atoms with Gasteiger partial charge in [0.2, 0.25) is 0 Å². The molecule has 0 aliphatic carbocycles. The van der Waals surface area contributed by atoms with Crippen LogP contribution in [0.15, 0.2) is 10.3 Å². The molecule has 0 spiro atoms. The summed E-state index contributed by atoms with van der Waals surface area (Å²) >= 11 is 0. The molecular weight excluding hydrogens is 256 g/mol. The topological polar surface area (TPSA) is 89.2 Å². The molecule has 0 aromatic heterocycles. The molecule has 6 heteroatoms. The number of oxime groups is 2. The maximum absolute atomic E-state index is 8.66. The van der Waals surface area contributed by atoms with Crippen LogP contribution in [0.5, 0.6) is 0 Å². The average Bonchev–Trinajstić information content (AvgIpc) is 2.45. The molecule has 0 unspecified atom stereocenters. The fourth-order valence-corrected chi connectivity index (χ4v) is 1.34. The minimum Gasteiger partial charge on any atom is -0.411 e. The van der Waals surface area contributed by atoms with E-state index in [4.69, 9.17) is 10.4 Å². The predicted molar refractivity (Wildman–Crippen MR) is 83.8 cm³/mol. The van der Waals surface area contributed by atoms with Crippen LogP contribution in [0.2, 0.25) is 0 Å². The van der Waals surface area contributed by atoms with Crippen LogP contribution in [-0.2, 0) is 0 Å². The van der Waals surface area contributed by atoms with E-state index in [1.54, 1.807) is 13.8 Å². The monoisotopic (exact) mass is 284 g/mol. The van der Waals surface area contributed by atoms with Crippen molar-refractivity contribution in [2.24, 2.45) is 15.7 Å². The van der Waals surface area contributed by atoms with Gasteiger partial charge in [-0.3, -0.25) is 0 Å². The highest BCUT2D eigenvalue weighted by atomic mass is 16.4. The highest BCUT2D eigenvalue weighted by Crippen LogP contribution is 2.12. The lowest BCUT2D eigenvalue weighted by molar-refractivity contribution is 0.305. The lowest BCUT2D eigenvalue weighted by Crippen LogP contribution is -2.43. The summed E-state index contributed by atoms with van der Waals surface area (Å²) in [4.78, 5) is 0. The molecule has 0 bridgehead atoms. The number of nitrogens with one attached hydrogen (secondary N) is 2. The molecule has 0 heterocycles. The van der Waals surface area contributed by atoms with Crippen LogP contribution in [-0.4, -0.2) is 47.5 Å². The fourth-order valence-electron chi connectivity index (χ4n) is 1.34. The maximum atomic E-state index is 8.66.